The van der Waals surface area contributed by atoms with E-state index in [0.717, 1.165) is 4.90 Å². The third kappa shape index (κ3) is 1.81. The summed E-state index contributed by atoms with van der Waals surface area (Å²) in [5.74, 6) is -1.40. The molecule has 1 aliphatic heterocycles. The van der Waals surface area contributed by atoms with Crippen molar-refractivity contribution in [1.29, 1.82) is 0 Å². The molecule has 1 rings (SSSR count). The molecule has 0 unspecified atom stereocenters. The van der Waals surface area contributed by atoms with Gasteiger partial charge in [0.2, 0.25) is 12.1 Å². The number of hydrogen-bond acceptors (Lipinski definition) is 4. The van der Waals surface area contributed by atoms with Crippen LogP contribution in [0.2, 0.25) is 0 Å². The zero-order chi connectivity index (χ0) is 10.9. The molecule has 5 nitrogen and oxygen atoms in total. The number of rotatable bonds is 1. The molecule has 1 heterocycles. The molecule has 14 heavy (non-hydrogen) atoms. The lowest BCUT2D eigenvalue weighted by Crippen LogP contribution is -2.41. The Morgan fingerprint density at radius 2 is 2.00 bits per heavy atom. The molecule has 0 spiro atoms. The molecule has 1 atom stereocenters. The van der Waals surface area contributed by atoms with Gasteiger partial charge in [0.05, 0.1) is 0 Å². The summed E-state index contributed by atoms with van der Waals surface area (Å²) in [6.45, 7) is 4.11. The average Bonchev–Trinajstić information content (AvgIpc) is 2.25. The van der Waals surface area contributed by atoms with Crippen molar-refractivity contribution >= 4 is 17.8 Å². The highest BCUT2D eigenvalue weighted by atomic mass is 16.6. The third-order valence-electron chi connectivity index (χ3n) is 1.83. The lowest BCUT2D eigenvalue weighted by molar-refractivity contribution is -0.160. The highest BCUT2D eigenvalue weighted by molar-refractivity contribution is 6.03. The van der Waals surface area contributed by atoms with Crippen LogP contribution in [0.4, 0.5) is 0 Å². The van der Waals surface area contributed by atoms with Gasteiger partial charge in [-0.15, -0.1) is 0 Å². The Hall–Kier alpha value is -1.65. The van der Waals surface area contributed by atoms with E-state index in [4.69, 9.17) is 4.74 Å². The number of imide groups is 1. The van der Waals surface area contributed by atoms with Crippen LogP contribution < -0.4 is 0 Å². The van der Waals surface area contributed by atoms with Gasteiger partial charge in [0.1, 0.15) is 0 Å². The van der Waals surface area contributed by atoms with Crippen molar-refractivity contribution in [3.05, 3.63) is 11.6 Å². The monoisotopic (exact) mass is 197 g/mol. The van der Waals surface area contributed by atoms with Crippen molar-refractivity contribution in [2.24, 2.45) is 0 Å². The van der Waals surface area contributed by atoms with Crippen LogP contribution in [0.3, 0.4) is 0 Å². The van der Waals surface area contributed by atoms with Crippen LogP contribution in [0.1, 0.15) is 20.8 Å². The Morgan fingerprint density at radius 3 is 2.43 bits per heavy atom. The van der Waals surface area contributed by atoms with Gasteiger partial charge in [-0.25, -0.2) is 4.90 Å². The predicted octanol–water partition coefficient (Wildman–Crippen LogP) is 0.211. The Kier molecular flexibility index (Phi) is 2.69. The van der Waals surface area contributed by atoms with Crippen molar-refractivity contribution in [3.8, 4) is 0 Å². The van der Waals surface area contributed by atoms with Crippen molar-refractivity contribution in [3.63, 3.8) is 0 Å². The van der Waals surface area contributed by atoms with Gasteiger partial charge in [-0.2, -0.15) is 0 Å². The second kappa shape index (κ2) is 3.61. The topological polar surface area (TPSA) is 63.7 Å². The predicted molar refractivity (Wildman–Crippen MR) is 46.8 cm³/mol. The second-order valence-corrected chi connectivity index (χ2v) is 3.08. The Balaban J connectivity index is 2.90. The molecule has 0 bridgehead atoms. The first-order chi connectivity index (χ1) is 6.43. The van der Waals surface area contributed by atoms with E-state index in [9.17, 15) is 14.4 Å². The molecule has 1 aliphatic rings. The highest BCUT2D eigenvalue weighted by Crippen LogP contribution is 2.20. The molecule has 76 valence electrons. The zero-order valence-corrected chi connectivity index (χ0v) is 8.23. The van der Waals surface area contributed by atoms with Gasteiger partial charge in [-0.1, -0.05) is 0 Å². The normalized spacial score (nSPS) is 20.8. The molecule has 0 radical (unpaired) electrons. The van der Waals surface area contributed by atoms with E-state index >= 15 is 0 Å². The summed E-state index contributed by atoms with van der Waals surface area (Å²) < 4.78 is 4.84. The van der Waals surface area contributed by atoms with Gasteiger partial charge in [-0.3, -0.25) is 14.4 Å². The summed E-state index contributed by atoms with van der Waals surface area (Å²) in [5.41, 5.74) is 0.556. The van der Waals surface area contributed by atoms with Crippen LogP contribution in [0.5, 0.6) is 0 Å². The van der Waals surface area contributed by atoms with Crippen LogP contribution in [0, 0.1) is 0 Å². The fraction of sp³-hybridized carbons (Fsp3) is 0.444. The minimum atomic E-state index is -0.863. The van der Waals surface area contributed by atoms with E-state index in [1.807, 2.05) is 0 Å². The highest BCUT2D eigenvalue weighted by Gasteiger charge is 2.35. The third-order valence-corrected chi connectivity index (χ3v) is 1.83. The fourth-order valence-corrected chi connectivity index (χ4v) is 1.28. The summed E-state index contributed by atoms with van der Waals surface area (Å²) in [6, 6.07) is 0. The molecule has 0 fully saturated rings. The molecule has 5 heteroatoms. The molecular formula is C9H11NO4. The van der Waals surface area contributed by atoms with Crippen LogP contribution in [0.25, 0.3) is 0 Å². The summed E-state index contributed by atoms with van der Waals surface area (Å²) in [6.07, 6.45) is 0.423. The maximum Gasteiger partial charge on any atom is 0.304 e. The molecule has 0 aromatic carbocycles. The molecule has 0 saturated heterocycles. The van der Waals surface area contributed by atoms with Crippen molar-refractivity contribution in [2.45, 2.75) is 27.0 Å². The lowest BCUT2D eigenvalue weighted by Gasteiger charge is -2.22. The largest absolute Gasteiger partial charge is 0.437 e. The number of ether oxygens (including phenoxy) is 1. The van der Waals surface area contributed by atoms with Crippen molar-refractivity contribution in [2.75, 3.05) is 0 Å². The lowest BCUT2D eigenvalue weighted by atomic mass is 10.3. The minimum absolute atomic E-state index is 0.436. The van der Waals surface area contributed by atoms with E-state index < -0.39 is 24.0 Å². The van der Waals surface area contributed by atoms with E-state index in [-0.39, 0.29) is 0 Å². The molecule has 0 N–H and O–H groups in total. The number of nitrogens with zero attached hydrogens (tertiary/aromatic N) is 1. The quantitative estimate of drug-likeness (QED) is 0.564. The smallest absolute Gasteiger partial charge is 0.304 e. The van der Waals surface area contributed by atoms with Crippen LogP contribution >= 0.6 is 0 Å². The summed E-state index contributed by atoms with van der Waals surface area (Å²) >= 11 is 0. The van der Waals surface area contributed by atoms with Gasteiger partial charge in [0.25, 0.3) is 5.91 Å². The van der Waals surface area contributed by atoms with Gasteiger partial charge in [-0.05, 0) is 12.5 Å². The van der Waals surface area contributed by atoms with E-state index in [1.165, 1.54) is 19.9 Å². The fourth-order valence-electron chi connectivity index (χ4n) is 1.28. The molecule has 0 aliphatic carbocycles. The van der Waals surface area contributed by atoms with Crippen LogP contribution in [-0.4, -0.2) is 28.9 Å². The Morgan fingerprint density at radius 1 is 1.43 bits per heavy atom. The molecule has 0 saturated carbocycles. The van der Waals surface area contributed by atoms with Gasteiger partial charge >= 0.3 is 5.97 Å². The van der Waals surface area contributed by atoms with Crippen LogP contribution in [0.15, 0.2) is 11.6 Å². The molecule has 0 aromatic rings. The first-order valence-corrected chi connectivity index (χ1v) is 4.12. The average molecular weight is 197 g/mol. The standard InChI is InChI=1S/C9H11NO4/c1-5-4-8(13)10(6(2)11)9(5)14-7(3)12/h4,9H,1-3H3/t9-/m0/s1. The van der Waals surface area contributed by atoms with Crippen LogP contribution in [-0.2, 0) is 19.1 Å². The van der Waals surface area contributed by atoms with E-state index in [0.29, 0.717) is 5.57 Å². The van der Waals surface area contributed by atoms with E-state index in [2.05, 4.69) is 0 Å². The molecule has 2 amide bonds. The maximum atomic E-state index is 11.3. The number of carbonyl (C=O) groups excluding carboxylic acids is 3. The summed E-state index contributed by atoms with van der Waals surface area (Å²) in [5, 5.41) is 0. The molecular weight excluding hydrogens is 186 g/mol. The second-order valence-electron chi connectivity index (χ2n) is 3.08. The number of hydrogen-bond donors (Lipinski definition) is 0. The van der Waals surface area contributed by atoms with Crippen molar-refractivity contribution < 1.29 is 19.1 Å². The Bertz CT molecular complexity index is 332. The van der Waals surface area contributed by atoms with E-state index in [1.54, 1.807) is 6.92 Å². The first kappa shape index (κ1) is 10.4. The SMILES string of the molecule is CC(=O)O[C@H]1C(C)=CC(=O)N1C(C)=O. The Labute approximate surface area is 81.3 Å². The summed E-state index contributed by atoms with van der Waals surface area (Å²) in [7, 11) is 0. The van der Waals surface area contributed by atoms with Gasteiger partial charge < -0.3 is 4.74 Å². The summed E-state index contributed by atoms with van der Waals surface area (Å²) in [4.78, 5) is 34.0. The minimum Gasteiger partial charge on any atom is -0.437 e. The van der Waals surface area contributed by atoms with Gasteiger partial charge in [0, 0.05) is 19.9 Å². The number of amides is 2. The number of esters is 1. The zero-order valence-electron chi connectivity index (χ0n) is 8.23. The number of carbonyl (C=O) groups is 3. The first-order valence-electron chi connectivity index (χ1n) is 4.12. The molecule has 0 aromatic heterocycles. The van der Waals surface area contributed by atoms with Gasteiger partial charge in [0.15, 0.2) is 0 Å². The van der Waals surface area contributed by atoms with Crippen molar-refractivity contribution in [1.82, 2.24) is 4.90 Å². The maximum absolute atomic E-state index is 11.3.